The predicted molar refractivity (Wildman–Crippen MR) is 98.6 cm³/mol. The number of nitrogens with two attached hydrogens (primary N) is 1. The zero-order valence-corrected chi connectivity index (χ0v) is 16.0. The Bertz CT molecular complexity index is 659. The Hall–Kier alpha value is -1.90. The SMILES string of the molecule is CCOCCCn1c(C)cc(=O)c(O)c1COC(=O)CCC(=O)CN.Cl. The first-order chi connectivity index (χ1) is 11.9. The molecule has 0 atom stereocenters. The molecule has 1 rings (SSSR count). The van der Waals surface area contributed by atoms with Gasteiger partial charge in [0.05, 0.1) is 13.0 Å². The van der Waals surface area contributed by atoms with Gasteiger partial charge in [0.25, 0.3) is 0 Å². The predicted octanol–water partition coefficient (Wildman–Crippen LogP) is 1.06. The zero-order chi connectivity index (χ0) is 18.8. The number of Topliss-reactive ketones (excluding diaryl/α,β-unsaturated/α-hetero) is 1. The van der Waals surface area contributed by atoms with Crippen molar-refractivity contribution in [3.05, 3.63) is 27.7 Å². The first-order valence-corrected chi connectivity index (χ1v) is 8.28. The third kappa shape index (κ3) is 7.55. The molecule has 0 radical (unpaired) electrons. The molecule has 148 valence electrons. The Morgan fingerprint density at radius 1 is 1.31 bits per heavy atom. The van der Waals surface area contributed by atoms with Crippen LogP contribution >= 0.6 is 12.4 Å². The molecule has 0 saturated carbocycles. The van der Waals surface area contributed by atoms with Gasteiger partial charge in [-0.1, -0.05) is 0 Å². The Labute approximate surface area is 158 Å². The number of aromatic nitrogens is 1. The van der Waals surface area contributed by atoms with Crippen LogP contribution in [0, 0.1) is 6.92 Å². The van der Waals surface area contributed by atoms with E-state index < -0.39 is 17.1 Å². The lowest BCUT2D eigenvalue weighted by molar-refractivity contribution is -0.146. The number of halogens is 1. The molecule has 0 saturated heterocycles. The molecule has 0 unspecified atom stereocenters. The number of hydrogen-bond donors (Lipinski definition) is 2. The summed E-state index contributed by atoms with van der Waals surface area (Å²) >= 11 is 0. The van der Waals surface area contributed by atoms with Crippen molar-refractivity contribution in [3.8, 4) is 5.75 Å². The van der Waals surface area contributed by atoms with Gasteiger partial charge in [0, 0.05) is 37.9 Å². The van der Waals surface area contributed by atoms with E-state index in [1.54, 1.807) is 11.5 Å². The van der Waals surface area contributed by atoms with Gasteiger partial charge in [0.2, 0.25) is 5.43 Å². The van der Waals surface area contributed by atoms with Gasteiger partial charge in [-0.15, -0.1) is 12.4 Å². The van der Waals surface area contributed by atoms with E-state index in [0.717, 1.165) is 0 Å². The number of rotatable bonds is 11. The van der Waals surface area contributed by atoms with Crippen LogP contribution in [0.1, 0.15) is 37.6 Å². The molecule has 0 fully saturated rings. The van der Waals surface area contributed by atoms with Gasteiger partial charge < -0.3 is 24.9 Å². The number of ether oxygens (including phenoxy) is 2. The number of carbonyl (C=O) groups is 2. The number of esters is 1. The third-order valence-corrected chi connectivity index (χ3v) is 3.68. The molecule has 8 nitrogen and oxygen atoms in total. The summed E-state index contributed by atoms with van der Waals surface area (Å²) < 4.78 is 12.1. The minimum absolute atomic E-state index is 0. The highest BCUT2D eigenvalue weighted by molar-refractivity contribution is 5.85. The molecule has 9 heteroatoms. The van der Waals surface area contributed by atoms with Crippen LogP contribution in [0.5, 0.6) is 5.75 Å². The van der Waals surface area contributed by atoms with E-state index in [0.29, 0.717) is 31.9 Å². The molecular formula is C17H27ClN2O6. The molecule has 1 aromatic rings. The largest absolute Gasteiger partial charge is 0.503 e. The summed E-state index contributed by atoms with van der Waals surface area (Å²) in [6, 6.07) is 1.33. The highest BCUT2D eigenvalue weighted by atomic mass is 35.5. The zero-order valence-electron chi connectivity index (χ0n) is 15.2. The molecule has 1 heterocycles. The van der Waals surface area contributed by atoms with Crippen molar-refractivity contribution < 1.29 is 24.2 Å². The van der Waals surface area contributed by atoms with E-state index in [1.807, 2.05) is 6.92 Å². The smallest absolute Gasteiger partial charge is 0.306 e. The molecule has 0 bridgehead atoms. The Morgan fingerprint density at radius 2 is 2.00 bits per heavy atom. The summed E-state index contributed by atoms with van der Waals surface area (Å²) in [7, 11) is 0. The molecule has 0 amide bonds. The van der Waals surface area contributed by atoms with E-state index in [4.69, 9.17) is 15.2 Å². The number of carbonyl (C=O) groups excluding carboxylic acids is 2. The number of nitrogens with zero attached hydrogens (tertiary/aromatic N) is 1. The van der Waals surface area contributed by atoms with Gasteiger partial charge in [-0.3, -0.25) is 14.4 Å². The van der Waals surface area contributed by atoms with Crippen molar-refractivity contribution in [1.29, 1.82) is 0 Å². The summed E-state index contributed by atoms with van der Waals surface area (Å²) in [5.41, 5.74) is 5.55. The first-order valence-electron chi connectivity index (χ1n) is 8.28. The van der Waals surface area contributed by atoms with Crippen LogP contribution in [0.3, 0.4) is 0 Å². The van der Waals surface area contributed by atoms with E-state index in [9.17, 15) is 19.5 Å². The fraction of sp³-hybridized carbons (Fsp3) is 0.588. The number of pyridine rings is 1. The van der Waals surface area contributed by atoms with Gasteiger partial charge >= 0.3 is 5.97 Å². The maximum Gasteiger partial charge on any atom is 0.306 e. The maximum absolute atomic E-state index is 11.8. The lowest BCUT2D eigenvalue weighted by atomic mass is 10.2. The van der Waals surface area contributed by atoms with Crippen LogP contribution < -0.4 is 11.2 Å². The van der Waals surface area contributed by atoms with Gasteiger partial charge in [0.1, 0.15) is 18.1 Å². The Balaban J connectivity index is 0.00000625. The second-order valence-corrected chi connectivity index (χ2v) is 5.55. The van der Waals surface area contributed by atoms with Crippen molar-refractivity contribution in [2.75, 3.05) is 19.8 Å². The molecule has 26 heavy (non-hydrogen) atoms. The second kappa shape index (κ2) is 12.5. The topological polar surface area (TPSA) is 121 Å². The fourth-order valence-electron chi connectivity index (χ4n) is 2.31. The molecule has 1 aromatic heterocycles. The van der Waals surface area contributed by atoms with Crippen LogP contribution in [-0.2, 0) is 32.2 Å². The van der Waals surface area contributed by atoms with Crippen molar-refractivity contribution in [1.82, 2.24) is 4.57 Å². The Morgan fingerprint density at radius 3 is 2.62 bits per heavy atom. The summed E-state index contributed by atoms with van der Waals surface area (Å²) in [5, 5.41) is 10.0. The minimum Gasteiger partial charge on any atom is -0.503 e. The van der Waals surface area contributed by atoms with Crippen LogP contribution in [0.2, 0.25) is 0 Å². The van der Waals surface area contributed by atoms with Gasteiger partial charge in [-0.05, 0) is 20.3 Å². The van der Waals surface area contributed by atoms with Gasteiger partial charge in [0.15, 0.2) is 5.75 Å². The number of aryl methyl sites for hydroxylation is 1. The summed E-state index contributed by atoms with van der Waals surface area (Å²) in [6.45, 7) is 4.95. The van der Waals surface area contributed by atoms with Crippen molar-refractivity contribution in [2.45, 2.75) is 46.3 Å². The lowest BCUT2D eigenvalue weighted by Gasteiger charge is -2.18. The van der Waals surface area contributed by atoms with Crippen LogP contribution in [0.15, 0.2) is 10.9 Å². The average Bonchev–Trinajstić information content (AvgIpc) is 2.59. The molecular weight excluding hydrogens is 364 g/mol. The lowest BCUT2D eigenvalue weighted by Crippen LogP contribution is -2.20. The van der Waals surface area contributed by atoms with E-state index >= 15 is 0 Å². The van der Waals surface area contributed by atoms with Crippen molar-refractivity contribution >= 4 is 24.2 Å². The fourth-order valence-corrected chi connectivity index (χ4v) is 2.31. The van der Waals surface area contributed by atoms with Gasteiger partial charge in [-0.2, -0.15) is 0 Å². The van der Waals surface area contributed by atoms with Crippen LogP contribution in [-0.4, -0.2) is 41.2 Å². The molecule has 0 aliphatic rings. The van der Waals surface area contributed by atoms with E-state index in [-0.39, 0.29) is 49.9 Å². The van der Waals surface area contributed by atoms with Gasteiger partial charge in [-0.25, -0.2) is 0 Å². The second-order valence-electron chi connectivity index (χ2n) is 5.55. The molecule has 0 spiro atoms. The highest BCUT2D eigenvalue weighted by Gasteiger charge is 2.15. The van der Waals surface area contributed by atoms with E-state index in [1.165, 1.54) is 6.07 Å². The third-order valence-electron chi connectivity index (χ3n) is 3.68. The monoisotopic (exact) mass is 390 g/mol. The normalized spacial score (nSPS) is 10.3. The summed E-state index contributed by atoms with van der Waals surface area (Å²) in [5.74, 6) is -1.26. The number of aromatic hydroxyl groups is 1. The van der Waals surface area contributed by atoms with Crippen molar-refractivity contribution in [3.63, 3.8) is 0 Å². The van der Waals surface area contributed by atoms with Crippen LogP contribution in [0.25, 0.3) is 0 Å². The molecule has 3 N–H and O–H groups in total. The molecule has 0 aromatic carbocycles. The molecule has 0 aliphatic heterocycles. The minimum atomic E-state index is -0.587. The van der Waals surface area contributed by atoms with Crippen molar-refractivity contribution in [2.24, 2.45) is 5.73 Å². The molecule has 0 aliphatic carbocycles. The van der Waals surface area contributed by atoms with Crippen LogP contribution in [0.4, 0.5) is 0 Å². The number of hydrogen-bond acceptors (Lipinski definition) is 7. The van der Waals surface area contributed by atoms with E-state index in [2.05, 4.69) is 0 Å². The maximum atomic E-state index is 11.8. The average molecular weight is 391 g/mol. The first kappa shape index (κ1) is 24.1. The Kier molecular flexibility index (Phi) is 11.5. The summed E-state index contributed by atoms with van der Waals surface area (Å²) in [6.07, 6.45) is 0.608. The standard InChI is InChI=1S/C17H26N2O6.ClH/c1-3-24-8-4-7-19-12(2)9-15(21)17(23)14(19)11-25-16(22)6-5-13(20)10-18;/h9,23H,3-8,10-11,18H2,1-2H3;1H. The quantitative estimate of drug-likeness (QED) is 0.428. The highest BCUT2D eigenvalue weighted by Crippen LogP contribution is 2.17. The summed E-state index contributed by atoms with van der Waals surface area (Å²) in [4.78, 5) is 34.7. The number of ketones is 1.